The van der Waals surface area contributed by atoms with Crippen molar-refractivity contribution in [1.82, 2.24) is 5.32 Å². The molecule has 0 bridgehead atoms. The molecule has 0 radical (unpaired) electrons. The summed E-state index contributed by atoms with van der Waals surface area (Å²) in [5.41, 5.74) is 0. The number of rotatable bonds is 0. The zero-order chi connectivity index (χ0) is 5.82. The van der Waals surface area contributed by atoms with E-state index in [4.69, 9.17) is 5.11 Å². The zero-order valence-electron chi connectivity index (χ0n) is 5.47. The topological polar surface area (TPSA) is 32.3 Å². The van der Waals surface area contributed by atoms with Crippen LogP contribution in [-0.4, -0.2) is 24.3 Å². The zero-order valence-corrected chi connectivity index (χ0v) is 6.28. The Balaban J connectivity index is 0.000000640. The highest BCUT2D eigenvalue weighted by Gasteiger charge is 2.05. The van der Waals surface area contributed by atoms with Gasteiger partial charge in [-0.1, -0.05) is 0 Å². The van der Waals surface area contributed by atoms with Crippen LogP contribution in [0.4, 0.5) is 0 Å². The Morgan fingerprint density at radius 1 is 1.22 bits per heavy atom. The minimum absolute atomic E-state index is 0. The maximum Gasteiger partial charge on any atom is 0.0552 e. The molecule has 2 nitrogen and oxygen atoms in total. The molecule has 0 amide bonds. The third kappa shape index (κ3) is 3.73. The highest BCUT2D eigenvalue weighted by atomic mass is 35.5. The molecule has 1 atom stereocenters. The average Bonchev–Trinajstić information content (AvgIpc) is 1.94. The van der Waals surface area contributed by atoms with Crippen molar-refractivity contribution < 1.29 is 5.11 Å². The molecule has 1 heterocycles. The summed E-state index contributed by atoms with van der Waals surface area (Å²) in [6.45, 7) is 2.07. The Labute approximate surface area is 62.1 Å². The van der Waals surface area contributed by atoms with Crippen LogP contribution in [0.2, 0.25) is 0 Å². The van der Waals surface area contributed by atoms with E-state index >= 15 is 0 Å². The van der Waals surface area contributed by atoms with E-state index in [0.717, 1.165) is 32.4 Å². The summed E-state index contributed by atoms with van der Waals surface area (Å²) < 4.78 is 0. The molecular formula is C6H14ClNO. The fraction of sp³-hybridized carbons (Fsp3) is 1.00. The molecule has 1 fully saturated rings. The third-order valence-corrected chi connectivity index (χ3v) is 1.55. The molecule has 0 aliphatic carbocycles. The quantitative estimate of drug-likeness (QED) is 0.530. The van der Waals surface area contributed by atoms with E-state index < -0.39 is 0 Å². The molecular weight excluding hydrogens is 138 g/mol. The van der Waals surface area contributed by atoms with Gasteiger partial charge in [0.15, 0.2) is 0 Å². The van der Waals surface area contributed by atoms with Gasteiger partial charge >= 0.3 is 0 Å². The second-order valence-corrected chi connectivity index (χ2v) is 2.33. The van der Waals surface area contributed by atoms with Crippen molar-refractivity contribution in [3.63, 3.8) is 0 Å². The van der Waals surface area contributed by atoms with Gasteiger partial charge in [-0.25, -0.2) is 0 Å². The van der Waals surface area contributed by atoms with Crippen LogP contribution in [0.15, 0.2) is 0 Å². The van der Waals surface area contributed by atoms with Gasteiger partial charge in [-0.15, -0.1) is 12.4 Å². The van der Waals surface area contributed by atoms with E-state index in [1.165, 1.54) is 0 Å². The van der Waals surface area contributed by atoms with Crippen LogP contribution in [0.25, 0.3) is 0 Å². The summed E-state index contributed by atoms with van der Waals surface area (Å²) in [7, 11) is 0. The molecule has 1 aliphatic rings. The van der Waals surface area contributed by atoms with E-state index in [0.29, 0.717) is 0 Å². The normalized spacial score (nSPS) is 28.3. The molecule has 0 saturated carbocycles. The third-order valence-electron chi connectivity index (χ3n) is 1.55. The fourth-order valence-corrected chi connectivity index (χ4v) is 1.00. The average molecular weight is 152 g/mol. The largest absolute Gasteiger partial charge is 0.393 e. The van der Waals surface area contributed by atoms with Gasteiger partial charge in [-0.3, -0.25) is 0 Å². The number of nitrogens with one attached hydrogen (secondary N) is 1. The minimum atomic E-state index is -0.0370. The highest BCUT2D eigenvalue weighted by Crippen LogP contribution is 2.02. The molecule has 1 rings (SSSR count). The molecule has 0 spiro atoms. The molecule has 1 saturated heterocycles. The van der Waals surface area contributed by atoms with E-state index in [1.54, 1.807) is 0 Å². The lowest BCUT2D eigenvalue weighted by atomic mass is 10.2. The van der Waals surface area contributed by atoms with Crippen LogP contribution in [0.3, 0.4) is 0 Å². The Morgan fingerprint density at radius 2 is 2.00 bits per heavy atom. The maximum atomic E-state index is 9.05. The van der Waals surface area contributed by atoms with Crippen molar-refractivity contribution in [1.29, 1.82) is 0 Å². The smallest absolute Gasteiger partial charge is 0.0552 e. The van der Waals surface area contributed by atoms with Gasteiger partial charge in [0.1, 0.15) is 0 Å². The summed E-state index contributed by atoms with van der Waals surface area (Å²) in [5, 5.41) is 12.3. The van der Waals surface area contributed by atoms with Crippen molar-refractivity contribution in [2.45, 2.75) is 25.4 Å². The van der Waals surface area contributed by atoms with Crippen LogP contribution in [0, 0.1) is 0 Å². The van der Waals surface area contributed by atoms with E-state index in [-0.39, 0.29) is 18.5 Å². The Bertz CT molecular complexity index is 62.1. The molecule has 0 aromatic carbocycles. The van der Waals surface area contributed by atoms with Gasteiger partial charge in [0.2, 0.25) is 0 Å². The number of aliphatic hydroxyl groups excluding tert-OH is 1. The van der Waals surface area contributed by atoms with Gasteiger partial charge < -0.3 is 10.4 Å². The molecule has 2 N–H and O–H groups in total. The molecule has 56 valence electrons. The van der Waals surface area contributed by atoms with Crippen LogP contribution >= 0.6 is 12.4 Å². The summed E-state index contributed by atoms with van der Waals surface area (Å²) in [6.07, 6.45) is 3.00. The van der Waals surface area contributed by atoms with Crippen LogP contribution in [-0.2, 0) is 0 Å². The van der Waals surface area contributed by atoms with Crippen molar-refractivity contribution in [3.05, 3.63) is 0 Å². The van der Waals surface area contributed by atoms with Gasteiger partial charge in [-0.2, -0.15) is 0 Å². The second-order valence-electron chi connectivity index (χ2n) is 2.33. The lowest BCUT2D eigenvalue weighted by Gasteiger charge is -2.01. The van der Waals surface area contributed by atoms with Crippen molar-refractivity contribution in [2.75, 3.05) is 13.1 Å². The Hall–Kier alpha value is 0.210. The molecule has 0 aromatic heterocycles. The number of hydrogen-bond acceptors (Lipinski definition) is 2. The van der Waals surface area contributed by atoms with Gasteiger partial charge in [0, 0.05) is 0 Å². The van der Waals surface area contributed by atoms with Crippen LogP contribution in [0.5, 0.6) is 0 Å². The van der Waals surface area contributed by atoms with Gasteiger partial charge in [-0.05, 0) is 32.4 Å². The molecule has 0 unspecified atom stereocenters. The van der Waals surface area contributed by atoms with Crippen molar-refractivity contribution >= 4 is 12.4 Å². The fourth-order valence-electron chi connectivity index (χ4n) is 1.00. The van der Waals surface area contributed by atoms with Gasteiger partial charge in [0.05, 0.1) is 6.10 Å². The Morgan fingerprint density at radius 3 is 2.78 bits per heavy atom. The summed E-state index contributed by atoms with van der Waals surface area (Å²) in [5.74, 6) is 0. The van der Waals surface area contributed by atoms with Crippen molar-refractivity contribution in [3.8, 4) is 0 Å². The number of aliphatic hydroxyl groups is 1. The summed E-state index contributed by atoms with van der Waals surface area (Å²) in [4.78, 5) is 0. The summed E-state index contributed by atoms with van der Waals surface area (Å²) >= 11 is 0. The van der Waals surface area contributed by atoms with Crippen LogP contribution in [0.1, 0.15) is 19.3 Å². The second kappa shape index (κ2) is 5.03. The lowest BCUT2D eigenvalue weighted by Crippen LogP contribution is -2.14. The predicted molar refractivity (Wildman–Crippen MR) is 40.0 cm³/mol. The van der Waals surface area contributed by atoms with Crippen molar-refractivity contribution in [2.24, 2.45) is 0 Å². The first-order valence-corrected chi connectivity index (χ1v) is 3.28. The van der Waals surface area contributed by atoms with E-state index in [1.807, 2.05) is 0 Å². The first kappa shape index (κ1) is 9.21. The van der Waals surface area contributed by atoms with Crippen LogP contribution < -0.4 is 5.32 Å². The minimum Gasteiger partial charge on any atom is -0.393 e. The highest BCUT2D eigenvalue weighted by molar-refractivity contribution is 5.85. The first-order valence-electron chi connectivity index (χ1n) is 3.28. The van der Waals surface area contributed by atoms with E-state index in [9.17, 15) is 0 Å². The molecule has 9 heavy (non-hydrogen) atoms. The standard InChI is InChI=1S/C6H13NO.ClH/c8-6-2-1-4-7-5-3-6;/h6-8H,1-5H2;1H/t6-;/m0./s1. The number of halogens is 1. The Kier molecular flexibility index (Phi) is 5.15. The van der Waals surface area contributed by atoms with Gasteiger partial charge in [0.25, 0.3) is 0 Å². The summed E-state index contributed by atoms with van der Waals surface area (Å²) in [6, 6.07) is 0. The SMILES string of the molecule is Cl.O[C@H]1CCCNCC1. The lowest BCUT2D eigenvalue weighted by molar-refractivity contribution is 0.161. The maximum absolute atomic E-state index is 9.05. The predicted octanol–water partition coefficient (Wildman–Crippen LogP) is 0.543. The molecule has 1 aliphatic heterocycles. The monoisotopic (exact) mass is 151 g/mol. The number of hydrogen-bond donors (Lipinski definition) is 2. The molecule has 0 aromatic rings. The van der Waals surface area contributed by atoms with E-state index in [2.05, 4.69) is 5.32 Å². The first-order chi connectivity index (χ1) is 3.89. The molecule has 3 heteroatoms.